The van der Waals surface area contributed by atoms with Gasteiger partial charge >= 0.3 is 0 Å². The fraction of sp³-hybridized carbons (Fsp3) is 0.667. The molecule has 3 N–H and O–H groups in total. The monoisotopic (exact) mass is 447 g/mol. The normalized spacial score (nSPS) is 19.7. The molecule has 166 valence electrons. The van der Waals surface area contributed by atoms with Crippen LogP contribution in [-0.2, 0) is 22.6 Å². The summed E-state index contributed by atoms with van der Waals surface area (Å²) in [6, 6.07) is 8.32. The summed E-state index contributed by atoms with van der Waals surface area (Å²) in [5.41, 5.74) is 2.00. The first-order chi connectivity index (χ1) is 13.1. The van der Waals surface area contributed by atoms with Gasteiger partial charge in [-0.15, -0.1) is 24.8 Å². The number of methoxy groups -OCH3 is 1. The van der Waals surface area contributed by atoms with Crippen molar-refractivity contribution >= 4 is 30.7 Å². The zero-order chi connectivity index (χ0) is 19.1. The van der Waals surface area contributed by atoms with Gasteiger partial charge < -0.3 is 20.5 Å². The zero-order valence-corrected chi connectivity index (χ0v) is 18.8. The molecule has 8 heteroatoms. The Morgan fingerprint density at radius 3 is 2.45 bits per heavy atom. The first kappa shape index (κ1) is 26.1. The van der Waals surface area contributed by atoms with Crippen molar-refractivity contribution < 1.29 is 14.6 Å². The number of halogens is 2. The molecule has 0 bridgehead atoms. The number of aliphatic hydroxyl groups excluding tert-OH is 1. The number of rotatable bonds is 7. The molecule has 2 heterocycles. The molecular weight excluding hydrogens is 413 g/mol. The van der Waals surface area contributed by atoms with E-state index in [-0.39, 0.29) is 36.8 Å². The Bertz CT molecular complexity index is 613. The number of nitrogens with one attached hydrogen (secondary N) is 2. The van der Waals surface area contributed by atoms with E-state index in [1.54, 1.807) is 7.11 Å². The molecular formula is C21H35Cl2N3O3. The third-order valence-electron chi connectivity index (χ3n) is 5.97. The summed E-state index contributed by atoms with van der Waals surface area (Å²) in [5, 5.41) is 16.2. The quantitative estimate of drug-likeness (QED) is 0.596. The van der Waals surface area contributed by atoms with Crippen molar-refractivity contribution in [2.75, 3.05) is 39.9 Å². The number of likely N-dealkylation sites (tertiary alicyclic amines) is 1. The van der Waals surface area contributed by atoms with Crippen LogP contribution in [0.4, 0.5) is 0 Å². The molecule has 0 atom stereocenters. The second-order valence-electron chi connectivity index (χ2n) is 7.92. The molecule has 0 aromatic heterocycles. The second kappa shape index (κ2) is 12.7. The number of nitrogens with zero attached hydrogens (tertiary/aromatic N) is 1. The Balaban J connectivity index is 0.00000210. The van der Waals surface area contributed by atoms with Crippen LogP contribution in [0.3, 0.4) is 0 Å². The summed E-state index contributed by atoms with van der Waals surface area (Å²) < 4.78 is 5.38. The first-order valence-corrected chi connectivity index (χ1v) is 10.1. The Morgan fingerprint density at radius 2 is 1.83 bits per heavy atom. The van der Waals surface area contributed by atoms with Gasteiger partial charge in [0.2, 0.25) is 5.91 Å². The summed E-state index contributed by atoms with van der Waals surface area (Å²) in [5.74, 6) is 0.0988. The third-order valence-corrected chi connectivity index (χ3v) is 5.97. The van der Waals surface area contributed by atoms with E-state index < -0.39 is 5.41 Å². The van der Waals surface area contributed by atoms with E-state index in [4.69, 9.17) is 4.74 Å². The van der Waals surface area contributed by atoms with Crippen molar-refractivity contribution in [3.8, 4) is 0 Å². The number of aliphatic hydroxyl groups is 1. The topological polar surface area (TPSA) is 73.8 Å². The third kappa shape index (κ3) is 7.09. The molecule has 0 aliphatic carbocycles. The van der Waals surface area contributed by atoms with Crippen molar-refractivity contribution in [3.05, 3.63) is 35.4 Å². The van der Waals surface area contributed by atoms with Gasteiger partial charge in [-0.25, -0.2) is 0 Å². The SMILES string of the molecule is COCC1(C(=O)NCc2ccccc2CN2CCC(O)CC2)CCNCC1.Cl.Cl. The van der Waals surface area contributed by atoms with Crippen LogP contribution in [0.5, 0.6) is 0 Å². The predicted octanol–water partition coefficient (Wildman–Crippen LogP) is 2.12. The highest BCUT2D eigenvalue weighted by atomic mass is 35.5. The van der Waals surface area contributed by atoms with E-state index in [9.17, 15) is 9.90 Å². The van der Waals surface area contributed by atoms with E-state index in [0.29, 0.717) is 13.2 Å². The Morgan fingerprint density at radius 1 is 1.21 bits per heavy atom. The van der Waals surface area contributed by atoms with E-state index in [1.165, 1.54) is 11.1 Å². The van der Waals surface area contributed by atoms with E-state index in [2.05, 4.69) is 33.7 Å². The summed E-state index contributed by atoms with van der Waals surface area (Å²) in [4.78, 5) is 15.3. The van der Waals surface area contributed by atoms with Gasteiger partial charge in [-0.2, -0.15) is 0 Å². The minimum absolute atomic E-state index is 0. The molecule has 0 saturated carbocycles. The predicted molar refractivity (Wildman–Crippen MR) is 120 cm³/mol. The molecule has 0 unspecified atom stereocenters. The number of benzene rings is 1. The molecule has 2 fully saturated rings. The molecule has 6 nitrogen and oxygen atoms in total. The summed E-state index contributed by atoms with van der Waals surface area (Å²) >= 11 is 0. The lowest BCUT2D eigenvalue weighted by molar-refractivity contribution is -0.136. The Labute approximate surface area is 186 Å². The van der Waals surface area contributed by atoms with Crippen molar-refractivity contribution in [3.63, 3.8) is 0 Å². The summed E-state index contributed by atoms with van der Waals surface area (Å²) in [6.45, 7) is 5.44. The molecule has 1 aromatic carbocycles. The number of carbonyl (C=O) groups excluding carboxylic acids is 1. The maximum absolute atomic E-state index is 13.0. The van der Waals surface area contributed by atoms with Crippen LogP contribution in [0.2, 0.25) is 0 Å². The average molecular weight is 448 g/mol. The highest BCUT2D eigenvalue weighted by Crippen LogP contribution is 2.29. The van der Waals surface area contributed by atoms with Gasteiger partial charge in [0.25, 0.3) is 0 Å². The molecule has 3 rings (SSSR count). The van der Waals surface area contributed by atoms with Gasteiger partial charge in [0.1, 0.15) is 0 Å². The van der Waals surface area contributed by atoms with Gasteiger partial charge in [-0.3, -0.25) is 9.69 Å². The van der Waals surface area contributed by atoms with Crippen molar-refractivity contribution in [1.82, 2.24) is 15.5 Å². The number of piperidine rings is 2. The highest BCUT2D eigenvalue weighted by Gasteiger charge is 2.39. The van der Waals surface area contributed by atoms with Crippen LogP contribution in [-0.4, -0.2) is 61.9 Å². The van der Waals surface area contributed by atoms with E-state index in [0.717, 1.165) is 58.4 Å². The minimum atomic E-state index is -0.419. The van der Waals surface area contributed by atoms with E-state index in [1.807, 2.05) is 6.07 Å². The van der Waals surface area contributed by atoms with Crippen molar-refractivity contribution in [2.45, 2.75) is 44.9 Å². The maximum Gasteiger partial charge on any atom is 0.228 e. The second-order valence-corrected chi connectivity index (χ2v) is 7.92. The number of amides is 1. The lowest BCUT2D eigenvalue weighted by Crippen LogP contribution is -2.50. The average Bonchev–Trinajstić information content (AvgIpc) is 2.70. The highest BCUT2D eigenvalue weighted by molar-refractivity contribution is 5.85. The smallest absolute Gasteiger partial charge is 0.228 e. The van der Waals surface area contributed by atoms with Crippen LogP contribution < -0.4 is 10.6 Å². The summed E-state index contributed by atoms with van der Waals surface area (Å²) in [7, 11) is 1.67. The number of hydrogen-bond acceptors (Lipinski definition) is 5. The zero-order valence-electron chi connectivity index (χ0n) is 17.2. The molecule has 1 amide bonds. The van der Waals surface area contributed by atoms with Gasteiger partial charge in [0.05, 0.1) is 18.1 Å². The van der Waals surface area contributed by atoms with Gasteiger partial charge in [-0.05, 0) is 49.9 Å². The van der Waals surface area contributed by atoms with Crippen LogP contribution in [0.15, 0.2) is 24.3 Å². The van der Waals surface area contributed by atoms with Gasteiger partial charge in [0.15, 0.2) is 0 Å². The molecule has 29 heavy (non-hydrogen) atoms. The van der Waals surface area contributed by atoms with E-state index >= 15 is 0 Å². The minimum Gasteiger partial charge on any atom is -0.393 e. The lowest BCUT2D eigenvalue weighted by Gasteiger charge is -2.35. The van der Waals surface area contributed by atoms with Crippen LogP contribution in [0.25, 0.3) is 0 Å². The van der Waals surface area contributed by atoms with Crippen LogP contribution in [0, 0.1) is 5.41 Å². The van der Waals surface area contributed by atoms with Gasteiger partial charge in [0, 0.05) is 33.3 Å². The molecule has 2 saturated heterocycles. The van der Waals surface area contributed by atoms with Crippen molar-refractivity contribution in [1.29, 1.82) is 0 Å². The largest absolute Gasteiger partial charge is 0.393 e. The molecule has 0 spiro atoms. The maximum atomic E-state index is 13.0. The fourth-order valence-electron chi connectivity index (χ4n) is 4.18. The standard InChI is InChI=1S/C21H33N3O3.2ClH/c1-27-16-21(8-10-22-11-9-21)20(26)23-14-17-4-2-3-5-18(17)15-24-12-6-19(25)7-13-24;;/h2-5,19,22,25H,6-16H2,1H3,(H,23,26);2*1H. The Hall–Kier alpha value is -0.890. The first-order valence-electron chi connectivity index (χ1n) is 10.1. The van der Waals surface area contributed by atoms with Gasteiger partial charge in [-0.1, -0.05) is 24.3 Å². The molecule has 2 aliphatic heterocycles. The Kier molecular flexibility index (Phi) is 11.5. The number of ether oxygens (including phenoxy) is 1. The fourth-order valence-corrected chi connectivity index (χ4v) is 4.18. The summed E-state index contributed by atoms with van der Waals surface area (Å²) in [6.07, 6.45) is 3.14. The lowest BCUT2D eigenvalue weighted by atomic mass is 9.78. The molecule has 0 radical (unpaired) electrons. The number of hydrogen-bond donors (Lipinski definition) is 3. The molecule has 1 aromatic rings. The van der Waals surface area contributed by atoms with Crippen LogP contribution in [0.1, 0.15) is 36.8 Å². The van der Waals surface area contributed by atoms with Crippen molar-refractivity contribution in [2.24, 2.45) is 5.41 Å². The van der Waals surface area contributed by atoms with Crippen LogP contribution >= 0.6 is 24.8 Å². The number of carbonyl (C=O) groups is 1. The molecule has 2 aliphatic rings.